The van der Waals surface area contributed by atoms with E-state index in [1.165, 1.54) is 4.68 Å². The highest BCUT2D eigenvalue weighted by atomic mass is 35.5. The monoisotopic (exact) mass is 266 g/mol. The lowest BCUT2D eigenvalue weighted by Gasteiger charge is -2.13. The van der Waals surface area contributed by atoms with Crippen molar-refractivity contribution in [3.05, 3.63) is 40.7 Å². The molecule has 0 radical (unpaired) electrons. The standard InChI is InChI=1S/C11H11ClN4O2/c1-7-13-14-15-16(7)10(11(17)18)6-8-2-4-9(12)5-3-8/h2-5,10H,6H2,1H3,(H,17,18)/t10-/m0/s1. The molecule has 1 aromatic heterocycles. The highest BCUT2D eigenvalue weighted by molar-refractivity contribution is 6.30. The number of hydrogen-bond acceptors (Lipinski definition) is 4. The maximum atomic E-state index is 11.3. The van der Waals surface area contributed by atoms with Gasteiger partial charge in [0.1, 0.15) is 5.82 Å². The van der Waals surface area contributed by atoms with E-state index in [4.69, 9.17) is 11.6 Å². The number of aromatic nitrogens is 4. The summed E-state index contributed by atoms with van der Waals surface area (Å²) >= 11 is 5.78. The zero-order chi connectivity index (χ0) is 13.1. The van der Waals surface area contributed by atoms with Gasteiger partial charge in [-0.25, -0.2) is 9.48 Å². The Morgan fingerprint density at radius 1 is 1.44 bits per heavy atom. The van der Waals surface area contributed by atoms with Crippen LogP contribution in [0.25, 0.3) is 0 Å². The molecule has 18 heavy (non-hydrogen) atoms. The van der Waals surface area contributed by atoms with Crippen LogP contribution in [0.2, 0.25) is 5.02 Å². The number of carboxylic acids is 1. The number of hydrogen-bond donors (Lipinski definition) is 1. The van der Waals surface area contributed by atoms with Crippen LogP contribution in [0.5, 0.6) is 0 Å². The summed E-state index contributed by atoms with van der Waals surface area (Å²) in [5.41, 5.74) is 0.863. The van der Waals surface area contributed by atoms with Gasteiger partial charge in [0.25, 0.3) is 0 Å². The van der Waals surface area contributed by atoms with Gasteiger partial charge in [0.2, 0.25) is 0 Å². The van der Waals surface area contributed by atoms with Crippen LogP contribution < -0.4 is 0 Å². The minimum atomic E-state index is -0.972. The topological polar surface area (TPSA) is 80.9 Å². The Balaban J connectivity index is 2.25. The lowest BCUT2D eigenvalue weighted by molar-refractivity contribution is -0.141. The van der Waals surface area contributed by atoms with Crippen LogP contribution in [-0.2, 0) is 11.2 Å². The Morgan fingerprint density at radius 2 is 2.11 bits per heavy atom. The number of carboxylic acid groups (broad SMARTS) is 1. The number of halogens is 1. The van der Waals surface area contributed by atoms with E-state index in [0.717, 1.165) is 5.56 Å². The van der Waals surface area contributed by atoms with Gasteiger partial charge in [0.05, 0.1) is 0 Å². The van der Waals surface area contributed by atoms with Gasteiger partial charge in [-0.15, -0.1) is 5.10 Å². The number of rotatable bonds is 4. The van der Waals surface area contributed by atoms with Crippen LogP contribution in [0, 0.1) is 6.92 Å². The van der Waals surface area contributed by atoms with Gasteiger partial charge < -0.3 is 5.11 Å². The fourth-order valence-electron chi connectivity index (χ4n) is 1.65. The van der Waals surface area contributed by atoms with Gasteiger partial charge in [-0.1, -0.05) is 23.7 Å². The van der Waals surface area contributed by atoms with Gasteiger partial charge in [0, 0.05) is 11.4 Å². The molecule has 0 fully saturated rings. The largest absolute Gasteiger partial charge is 0.480 e. The van der Waals surface area contributed by atoms with E-state index in [1.807, 2.05) is 0 Å². The van der Waals surface area contributed by atoms with Crippen molar-refractivity contribution >= 4 is 17.6 Å². The van der Waals surface area contributed by atoms with Crippen LogP contribution in [0.3, 0.4) is 0 Å². The van der Waals surface area contributed by atoms with E-state index in [-0.39, 0.29) is 0 Å². The highest BCUT2D eigenvalue weighted by Crippen LogP contribution is 2.17. The second kappa shape index (κ2) is 5.14. The predicted molar refractivity (Wildman–Crippen MR) is 64.4 cm³/mol. The van der Waals surface area contributed by atoms with Gasteiger partial charge in [-0.2, -0.15) is 0 Å². The lowest BCUT2D eigenvalue weighted by Crippen LogP contribution is -2.23. The SMILES string of the molecule is Cc1nnnn1[C@@H](Cc1ccc(Cl)cc1)C(=O)O. The van der Waals surface area contributed by atoms with Crippen LogP contribution >= 0.6 is 11.6 Å². The van der Waals surface area contributed by atoms with Crippen LogP contribution in [0.15, 0.2) is 24.3 Å². The molecule has 0 unspecified atom stereocenters. The van der Waals surface area contributed by atoms with Gasteiger partial charge in [-0.3, -0.25) is 0 Å². The maximum absolute atomic E-state index is 11.3. The molecule has 0 saturated heterocycles. The molecular formula is C11H11ClN4O2. The third-order valence-electron chi connectivity index (χ3n) is 2.58. The van der Waals surface area contributed by atoms with E-state index < -0.39 is 12.0 Å². The smallest absolute Gasteiger partial charge is 0.328 e. The fourth-order valence-corrected chi connectivity index (χ4v) is 1.77. The first kappa shape index (κ1) is 12.5. The summed E-state index contributed by atoms with van der Waals surface area (Å²) in [6.45, 7) is 1.66. The summed E-state index contributed by atoms with van der Waals surface area (Å²) in [5, 5.41) is 20.7. The minimum absolute atomic E-state index is 0.304. The van der Waals surface area contributed by atoms with Crippen molar-refractivity contribution in [3.63, 3.8) is 0 Å². The van der Waals surface area contributed by atoms with Crippen LogP contribution in [-0.4, -0.2) is 31.3 Å². The van der Waals surface area contributed by atoms with Crippen molar-refractivity contribution in [2.75, 3.05) is 0 Å². The third-order valence-corrected chi connectivity index (χ3v) is 2.83. The Morgan fingerprint density at radius 3 is 2.61 bits per heavy atom. The summed E-state index contributed by atoms with van der Waals surface area (Å²) < 4.78 is 1.30. The molecule has 0 aliphatic rings. The fraction of sp³-hybridized carbons (Fsp3) is 0.273. The van der Waals surface area contributed by atoms with E-state index in [0.29, 0.717) is 17.3 Å². The summed E-state index contributed by atoms with van der Waals surface area (Å²) in [6, 6.07) is 6.21. The molecule has 0 aliphatic heterocycles. The Bertz CT molecular complexity index is 552. The molecule has 2 aromatic rings. The van der Waals surface area contributed by atoms with Gasteiger partial charge >= 0.3 is 5.97 Å². The molecule has 0 aliphatic carbocycles. The summed E-state index contributed by atoms with van der Waals surface area (Å²) in [7, 11) is 0. The molecule has 1 N–H and O–H groups in total. The quantitative estimate of drug-likeness (QED) is 0.907. The first-order valence-corrected chi connectivity index (χ1v) is 5.67. The summed E-state index contributed by atoms with van der Waals surface area (Å²) in [5.74, 6) is -0.503. The zero-order valence-electron chi connectivity index (χ0n) is 9.62. The number of aryl methyl sites for hydroxylation is 1. The van der Waals surface area contributed by atoms with Crippen LogP contribution in [0.1, 0.15) is 17.4 Å². The molecule has 94 valence electrons. The van der Waals surface area contributed by atoms with E-state index in [1.54, 1.807) is 31.2 Å². The molecule has 0 saturated carbocycles. The Hall–Kier alpha value is -1.95. The Kier molecular flexibility index (Phi) is 3.57. The van der Waals surface area contributed by atoms with Crippen molar-refractivity contribution < 1.29 is 9.90 Å². The second-order valence-electron chi connectivity index (χ2n) is 3.86. The number of benzene rings is 1. The van der Waals surface area contributed by atoms with Crippen molar-refractivity contribution in [1.29, 1.82) is 0 Å². The second-order valence-corrected chi connectivity index (χ2v) is 4.29. The summed E-state index contributed by atoms with van der Waals surface area (Å²) in [6.07, 6.45) is 0.304. The predicted octanol–water partition coefficient (Wildman–Crippen LogP) is 1.50. The van der Waals surface area contributed by atoms with Crippen molar-refractivity contribution in [3.8, 4) is 0 Å². The molecule has 1 atom stereocenters. The van der Waals surface area contributed by atoms with E-state index >= 15 is 0 Å². The van der Waals surface area contributed by atoms with E-state index in [9.17, 15) is 9.90 Å². The third kappa shape index (κ3) is 2.65. The first-order valence-electron chi connectivity index (χ1n) is 5.29. The normalized spacial score (nSPS) is 12.3. The molecule has 1 aromatic carbocycles. The first-order chi connectivity index (χ1) is 8.58. The minimum Gasteiger partial charge on any atom is -0.480 e. The average Bonchev–Trinajstić information content (AvgIpc) is 2.74. The molecule has 0 amide bonds. The molecule has 0 bridgehead atoms. The number of carbonyl (C=O) groups is 1. The molecule has 1 heterocycles. The van der Waals surface area contributed by atoms with Gasteiger partial charge in [-0.05, 0) is 35.0 Å². The lowest BCUT2D eigenvalue weighted by atomic mass is 10.1. The molecule has 2 rings (SSSR count). The van der Waals surface area contributed by atoms with Crippen molar-refractivity contribution in [2.24, 2.45) is 0 Å². The average molecular weight is 267 g/mol. The molecule has 0 spiro atoms. The Labute approximate surface area is 108 Å². The molecule has 7 heteroatoms. The maximum Gasteiger partial charge on any atom is 0.328 e. The van der Waals surface area contributed by atoms with Gasteiger partial charge in [0.15, 0.2) is 6.04 Å². The number of tetrazole rings is 1. The number of nitrogens with zero attached hydrogens (tertiary/aromatic N) is 4. The molecular weight excluding hydrogens is 256 g/mol. The highest BCUT2D eigenvalue weighted by Gasteiger charge is 2.23. The van der Waals surface area contributed by atoms with Crippen molar-refractivity contribution in [1.82, 2.24) is 20.2 Å². The van der Waals surface area contributed by atoms with E-state index in [2.05, 4.69) is 15.5 Å². The number of aliphatic carboxylic acids is 1. The molecule has 6 nitrogen and oxygen atoms in total. The van der Waals surface area contributed by atoms with Crippen LogP contribution in [0.4, 0.5) is 0 Å². The van der Waals surface area contributed by atoms with Crippen molar-refractivity contribution in [2.45, 2.75) is 19.4 Å². The summed E-state index contributed by atoms with van der Waals surface area (Å²) in [4.78, 5) is 11.3. The zero-order valence-corrected chi connectivity index (χ0v) is 10.4.